The fraction of sp³-hybridized carbons (Fsp3) is 0.333. The molecular weight excluding hydrogens is 353 g/mol. The van der Waals surface area contributed by atoms with Crippen LogP contribution in [0.1, 0.15) is 25.3 Å². The van der Waals surface area contributed by atoms with Gasteiger partial charge in [0.05, 0.1) is 34.1 Å². The summed E-state index contributed by atoms with van der Waals surface area (Å²) in [6.45, 7) is 1.47. The van der Waals surface area contributed by atoms with Gasteiger partial charge in [-0.25, -0.2) is 4.79 Å². The van der Waals surface area contributed by atoms with Crippen molar-refractivity contribution in [3.63, 3.8) is 0 Å². The molecule has 0 aromatic heterocycles. The number of carbonyl (C=O) groups excluding carboxylic acids is 1. The van der Waals surface area contributed by atoms with Crippen LogP contribution < -0.4 is 0 Å². The first-order valence-electron chi connectivity index (χ1n) is 7.52. The molecule has 11 heteroatoms. The Balaban J connectivity index is 2.64. The molecule has 1 fully saturated rings. The van der Waals surface area contributed by atoms with Gasteiger partial charge in [-0.15, -0.1) is 0 Å². The van der Waals surface area contributed by atoms with Crippen LogP contribution in [0, 0.1) is 26.0 Å². The third-order valence-corrected chi connectivity index (χ3v) is 3.43. The molecule has 0 saturated heterocycles. The van der Waals surface area contributed by atoms with Gasteiger partial charge in [-0.1, -0.05) is 0 Å². The van der Waals surface area contributed by atoms with Gasteiger partial charge in [0.15, 0.2) is 0 Å². The monoisotopic (exact) mass is 367 g/mol. The number of nitro groups is 2. The van der Waals surface area contributed by atoms with Gasteiger partial charge >= 0.3 is 11.7 Å². The Morgan fingerprint density at radius 2 is 1.96 bits per heavy atom. The van der Waals surface area contributed by atoms with E-state index in [2.05, 4.69) is 4.99 Å². The number of nitrogens with zero attached hydrogens (tertiary/aromatic N) is 3. The Bertz CT molecular complexity index is 831. The minimum absolute atomic E-state index is 0.0317. The predicted molar refractivity (Wildman–Crippen MR) is 87.4 cm³/mol. The average Bonchev–Trinajstić information content (AvgIpc) is 3.38. The van der Waals surface area contributed by atoms with Gasteiger partial charge in [0.1, 0.15) is 11.3 Å². The average molecular weight is 367 g/mol. The second kappa shape index (κ2) is 7.68. The number of esters is 1. The summed E-state index contributed by atoms with van der Waals surface area (Å²) in [6.07, 6.45) is 2.59. The molecule has 0 heterocycles. The number of hydrogen-bond acceptors (Lipinski definition) is 8. The van der Waals surface area contributed by atoms with E-state index in [1.807, 2.05) is 0 Å². The van der Waals surface area contributed by atoms with Crippen molar-refractivity contribution < 1.29 is 28.9 Å². The van der Waals surface area contributed by atoms with Crippen molar-refractivity contribution in [2.24, 2.45) is 4.99 Å². The summed E-state index contributed by atoms with van der Waals surface area (Å²) in [7, 11) is 0. The van der Waals surface area contributed by atoms with Crippen LogP contribution in [0.5, 0.6) is 0 Å². The van der Waals surface area contributed by atoms with E-state index in [0.717, 1.165) is 19.1 Å². The van der Waals surface area contributed by atoms with Crippen LogP contribution in [0.15, 0.2) is 22.7 Å². The molecule has 2 rings (SSSR count). The number of aliphatic hydroxyl groups is 1. The van der Waals surface area contributed by atoms with Gasteiger partial charge < -0.3 is 9.84 Å². The van der Waals surface area contributed by atoms with Crippen molar-refractivity contribution in [3.8, 4) is 0 Å². The number of nitro benzene ring substituents is 2. The predicted octanol–water partition coefficient (Wildman–Crippen LogP) is 2.71. The smallest absolute Gasteiger partial charge is 0.343 e. The van der Waals surface area contributed by atoms with E-state index >= 15 is 0 Å². The number of benzene rings is 1. The van der Waals surface area contributed by atoms with Crippen LogP contribution in [-0.2, 0) is 9.53 Å². The fourth-order valence-electron chi connectivity index (χ4n) is 2.00. The molecule has 0 atom stereocenters. The van der Waals surface area contributed by atoms with Crippen LogP contribution >= 0.6 is 0 Å². The first-order valence-corrected chi connectivity index (χ1v) is 7.52. The van der Waals surface area contributed by atoms with Gasteiger partial charge in [-0.05, 0) is 25.8 Å². The second-order valence-corrected chi connectivity index (χ2v) is 5.33. The van der Waals surface area contributed by atoms with Crippen LogP contribution in [0.25, 0.3) is 5.76 Å². The van der Waals surface area contributed by atoms with Crippen molar-refractivity contribution in [2.75, 3.05) is 6.61 Å². The Hall–Kier alpha value is -3.37. The number of rotatable bonds is 7. The molecule has 0 unspecified atom stereocenters. The largest absolute Gasteiger partial charge is 0.506 e. The van der Waals surface area contributed by atoms with Crippen molar-refractivity contribution in [1.82, 2.24) is 0 Å². The van der Waals surface area contributed by atoms with Gasteiger partial charge in [0, 0.05) is 6.21 Å². The molecule has 0 amide bonds. The first kappa shape index (κ1) is 19.0. The molecule has 0 aliphatic heterocycles. The van der Waals surface area contributed by atoms with Gasteiger partial charge in [-0.3, -0.25) is 25.2 Å². The minimum atomic E-state index is -1.40. The van der Waals surface area contributed by atoms with Crippen molar-refractivity contribution in [3.05, 3.63) is 49.3 Å². The number of aliphatic imine (C=N–C) groups is 1. The van der Waals surface area contributed by atoms with E-state index in [1.165, 1.54) is 6.92 Å². The third-order valence-electron chi connectivity index (χ3n) is 3.43. The zero-order valence-electron chi connectivity index (χ0n) is 13.5. The number of carbonyl (C=O) groups is 1. The first-order chi connectivity index (χ1) is 12.3. The van der Waals surface area contributed by atoms with E-state index in [4.69, 9.17) is 4.74 Å². The quantitative estimate of drug-likeness (QED) is 0.195. The Morgan fingerprint density at radius 3 is 2.46 bits per heavy atom. The van der Waals surface area contributed by atoms with E-state index in [9.17, 15) is 34.5 Å². The lowest BCUT2D eigenvalue weighted by Gasteiger charge is -2.08. The standard InChI is InChI=1S/C15H14FN3O7/c1-2-26-15(21)10(7-17-8-3-4-8)14(20)9-5-11(16)13(19(24)25)6-12(9)18(22)23/h5-8,20H,2-4H2,1H3/b14-10+,17-7?. The molecule has 1 aromatic carbocycles. The SMILES string of the molecule is CCOC(=O)/C(C=NC1CC1)=C(/O)c1cc(F)c([N+](=O)[O-])cc1[N+](=O)[O-]. The van der Waals surface area contributed by atoms with Crippen LogP contribution in [0.2, 0.25) is 0 Å². The van der Waals surface area contributed by atoms with Crippen molar-refractivity contribution >= 4 is 29.3 Å². The van der Waals surface area contributed by atoms with E-state index in [0.29, 0.717) is 12.1 Å². The number of ether oxygens (including phenoxy) is 1. The lowest BCUT2D eigenvalue weighted by atomic mass is 10.1. The molecule has 26 heavy (non-hydrogen) atoms. The molecule has 1 aromatic rings. The van der Waals surface area contributed by atoms with E-state index < -0.39 is 49.9 Å². The van der Waals surface area contributed by atoms with Crippen LogP contribution in [0.4, 0.5) is 15.8 Å². The maximum Gasteiger partial charge on any atom is 0.343 e. The van der Waals surface area contributed by atoms with Crippen LogP contribution in [0.3, 0.4) is 0 Å². The summed E-state index contributed by atoms with van der Waals surface area (Å²) in [5, 5.41) is 32.3. The maximum atomic E-state index is 13.9. The molecule has 0 radical (unpaired) electrons. The number of aliphatic hydroxyl groups excluding tert-OH is 1. The zero-order valence-corrected chi connectivity index (χ0v) is 13.5. The Labute approximate surface area is 145 Å². The Kier molecular flexibility index (Phi) is 5.60. The highest BCUT2D eigenvalue weighted by molar-refractivity contribution is 6.15. The lowest BCUT2D eigenvalue weighted by molar-refractivity contribution is -0.396. The number of halogens is 1. The van der Waals surface area contributed by atoms with Gasteiger partial charge in [0.25, 0.3) is 5.69 Å². The third kappa shape index (κ3) is 4.18. The Morgan fingerprint density at radius 1 is 1.35 bits per heavy atom. The molecule has 138 valence electrons. The van der Waals surface area contributed by atoms with E-state index in [1.54, 1.807) is 0 Å². The van der Waals surface area contributed by atoms with Crippen molar-refractivity contribution in [1.29, 1.82) is 0 Å². The van der Waals surface area contributed by atoms with E-state index in [-0.39, 0.29) is 12.6 Å². The lowest BCUT2D eigenvalue weighted by Crippen LogP contribution is -2.12. The maximum absolute atomic E-state index is 13.9. The highest BCUT2D eigenvalue weighted by Gasteiger charge is 2.29. The summed E-state index contributed by atoms with van der Waals surface area (Å²) in [5.41, 5.74) is -3.26. The second-order valence-electron chi connectivity index (χ2n) is 5.33. The molecule has 0 bridgehead atoms. The molecule has 0 spiro atoms. The summed E-state index contributed by atoms with van der Waals surface area (Å²) >= 11 is 0. The topological polar surface area (TPSA) is 145 Å². The highest BCUT2D eigenvalue weighted by Crippen LogP contribution is 2.33. The molecule has 1 N–H and O–H groups in total. The van der Waals surface area contributed by atoms with Gasteiger partial charge in [-0.2, -0.15) is 4.39 Å². The zero-order chi connectivity index (χ0) is 19.4. The summed E-state index contributed by atoms with van der Waals surface area (Å²) in [4.78, 5) is 35.8. The normalized spacial score (nSPS) is 14.8. The highest BCUT2D eigenvalue weighted by atomic mass is 19.1. The minimum Gasteiger partial charge on any atom is -0.506 e. The summed E-state index contributed by atoms with van der Waals surface area (Å²) in [6, 6.07) is 0.771. The summed E-state index contributed by atoms with van der Waals surface area (Å²) in [5.74, 6) is -3.36. The van der Waals surface area contributed by atoms with Crippen LogP contribution in [-0.4, -0.2) is 39.8 Å². The number of hydrogen-bond donors (Lipinski definition) is 1. The van der Waals surface area contributed by atoms with Gasteiger partial charge in [0.2, 0.25) is 5.82 Å². The van der Waals surface area contributed by atoms with Crippen molar-refractivity contribution in [2.45, 2.75) is 25.8 Å². The molecule has 1 saturated carbocycles. The molecular formula is C15H14FN3O7. The summed E-state index contributed by atoms with van der Waals surface area (Å²) < 4.78 is 18.7. The fourth-order valence-corrected chi connectivity index (χ4v) is 2.00. The molecule has 10 nitrogen and oxygen atoms in total. The molecule has 1 aliphatic rings. The molecule has 1 aliphatic carbocycles.